The Morgan fingerprint density at radius 2 is 1.33 bits per heavy atom. The van der Waals surface area contributed by atoms with Crippen LogP contribution in [-0.4, -0.2) is 41.8 Å². The molecular formula is C23H20N8O2. The van der Waals surface area contributed by atoms with E-state index in [0.29, 0.717) is 12.2 Å². The van der Waals surface area contributed by atoms with Crippen molar-refractivity contribution in [3.63, 3.8) is 0 Å². The van der Waals surface area contributed by atoms with Gasteiger partial charge in [0.2, 0.25) is 11.8 Å². The molecule has 2 amide bonds. The van der Waals surface area contributed by atoms with E-state index in [1.54, 1.807) is 15.4 Å². The van der Waals surface area contributed by atoms with Gasteiger partial charge in [0, 0.05) is 12.2 Å². The standard InChI is InChI=1S/C23H20N8O2/c32-22(14-30-20-10-3-1-8-18(20)26-28-30)24-13-16-6-5-7-17(12-16)25-23(33)15-31-21-11-4-2-9-19(21)27-29-31/h1-12H,13-15H2,(H,24,32)(H,25,33). The number of fused-ring (bicyclic) bond motifs is 2. The average molecular weight is 440 g/mol. The Bertz CT molecular complexity index is 1460. The molecule has 0 saturated heterocycles. The number of amides is 2. The summed E-state index contributed by atoms with van der Waals surface area (Å²) in [6.45, 7) is 0.443. The Hall–Kier alpha value is -4.60. The summed E-state index contributed by atoms with van der Waals surface area (Å²) in [6, 6.07) is 22.3. The molecule has 2 aromatic heterocycles. The van der Waals surface area contributed by atoms with Crippen LogP contribution < -0.4 is 10.6 Å². The van der Waals surface area contributed by atoms with Gasteiger partial charge >= 0.3 is 0 Å². The summed E-state index contributed by atoms with van der Waals surface area (Å²) < 4.78 is 3.12. The van der Waals surface area contributed by atoms with Crippen LogP contribution in [-0.2, 0) is 29.2 Å². The normalized spacial score (nSPS) is 11.0. The van der Waals surface area contributed by atoms with Crippen LogP contribution >= 0.6 is 0 Å². The second-order valence-corrected chi connectivity index (χ2v) is 7.50. The monoisotopic (exact) mass is 440 g/mol. The van der Waals surface area contributed by atoms with Gasteiger partial charge in [0.05, 0.1) is 11.0 Å². The number of nitrogens with zero attached hydrogens (tertiary/aromatic N) is 6. The number of para-hydroxylation sites is 2. The second kappa shape index (κ2) is 8.87. The van der Waals surface area contributed by atoms with Gasteiger partial charge in [-0.15, -0.1) is 10.2 Å². The number of nitrogens with one attached hydrogen (secondary N) is 2. The van der Waals surface area contributed by atoms with Crippen molar-refractivity contribution in [2.45, 2.75) is 19.6 Å². The lowest BCUT2D eigenvalue weighted by molar-refractivity contribution is -0.122. The first-order chi connectivity index (χ1) is 16.2. The molecule has 164 valence electrons. The van der Waals surface area contributed by atoms with Crippen molar-refractivity contribution in [3.8, 4) is 0 Å². The summed E-state index contributed by atoms with van der Waals surface area (Å²) >= 11 is 0. The number of carbonyl (C=O) groups is 2. The van der Waals surface area contributed by atoms with Crippen LogP contribution in [0.5, 0.6) is 0 Å². The van der Waals surface area contributed by atoms with Crippen LogP contribution in [0, 0.1) is 0 Å². The smallest absolute Gasteiger partial charge is 0.246 e. The molecule has 10 nitrogen and oxygen atoms in total. The van der Waals surface area contributed by atoms with E-state index >= 15 is 0 Å². The van der Waals surface area contributed by atoms with E-state index in [4.69, 9.17) is 0 Å². The number of aromatic nitrogens is 6. The molecule has 0 radical (unpaired) electrons. The number of anilines is 1. The maximum absolute atomic E-state index is 12.5. The molecule has 0 bridgehead atoms. The van der Waals surface area contributed by atoms with Gasteiger partial charge < -0.3 is 10.6 Å². The van der Waals surface area contributed by atoms with Crippen molar-refractivity contribution < 1.29 is 9.59 Å². The van der Waals surface area contributed by atoms with Gasteiger partial charge in [-0.25, -0.2) is 9.36 Å². The zero-order valence-corrected chi connectivity index (χ0v) is 17.5. The van der Waals surface area contributed by atoms with E-state index in [1.807, 2.05) is 66.7 Å². The fraction of sp³-hybridized carbons (Fsp3) is 0.130. The SMILES string of the molecule is O=C(Cn1nnc2ccccc21)NCc1cccc(NC(=O)Cn2nnc3ccccc32)c1. The number of hydrogen-bond donors (Lipinski definition) is 2. The molecule has 3 aromatic carbocycles. The average Bonchev–Trinajstić information content (AvgIpc) is 3.42. The predicted octanol–water partition coefficient (Wildman–Crippen LogP) is 2.13. The van der Waals surface area contributed by atoms with Crippen LogP contribution in [0.4, 0.5) is 5.69 Å². The molecule has 0 spiro atoms. The predicted molar refractivity (Wildman–Crippen MR) is 122 cm³/mol. The van der Waals surface area contributed by atoms with E-state index in [0.717, 1.165) is 27.6 Å². The topological polar surface area (TPSA) is 120 Å². The summed E-state index contributed by atoms with van der Waals surface area (Å²) in [5.74, 6) is -0.400. The molecule has 0 aliphatic rings. The Morgan fingerprint density at radius 3 is 2.00 bits per heavy atom. The highest BCUT2D eigenvalue weighted by atomic mass is 16.2. The molecule has 0 unspecified atom stereocenters. The molecule has 33 heavy (non-hydrogen) atoms. The highest BCUT2D eigenvalue weighted by molar-refractivity contribution is 5.91. The highest BCUT2D eigenvalue weighted by Gasteiger charge is 2.10. The second-order valence-electron chi connectivity index (χ2n) is 7.50. The van der Waals surface area contributed by atoms with Gasteiger partial charge in [-0.05, 0) is 42.0 Å². The Morgan fingerprint density at radius 1 is 0.727 bits per heavy atom. The number of rotatable bonds is 7. The van der Waals surface area contributed by atoms with Crippen molar-refractivity contribution in [2.75, 3.05) is 5.32 Å². The molecule has 0 atom stereocenters. The van der Waals surface area contributed by atoms with E-state index < -0.39 is 0 Å². The van der Waals surface area contributed by atoms with E-state index in [-0.39, 0.29) is 24.9 Å². The molecule has 5 aromatic rings. The van der Waals surface area contributed by atoms with Gasteiger partial charge in [0.1, 0.15) is 24.1 Å². The number of carbonyl (C=O) groups excluding carboxylic acids is 2. The minimum absolute atomic E-state index is 0.0489. The summed E-state index contributed by atoms with van der Waals surface area (Å²) in [7, 11) is 0. The lowest BCUT2D eigenvalue weighted by Gasteiger charge is -2.09. The summed E-state index contributed by atoms with van der Waals surface area (Å²) in [5, 5.41) is 21.9. The molecular weight excluding hydrogens is 420 g/mol. The van der Waals surface area contributed by atoms with Crippen LogP contribution in [0.25, 0.3) is 22.1 Å². The van der Waals surface area contributed by atoms with E-state index in [1.165, 1.54) is 0 Å². The van der Waals surface area contributed by atoms with Gasteiger partial charge in [0.15, 0.2) is 0 Å². The van der Waals surface area contributed by atoms with Crippen molar-refractivity contribution >= 4 is 39.6 Å². The number of benzene rings is 3. The minimum atomic E-state index is -0.218. The van der Waals surface area contributed by atoms with Crippen LogP contribution in [0.2, 0.25) is 0 Å². The maximum Gasteiger partial charge on any atom is 0.246 e. The van der Waals surface area contributed by atoms with Crippen LogP contribution in [0.1, 0.15) is 5.56 Å². The molecule has 0 aliphatic heterocycles. The van der Waals surface area contributed by atoms with Crippen LogP contribution in [0.15, 0.2) is 72.8 Å². The lowest BCUT2D eigenvalue weighted by atomic mass is 10.2. The molecule has 10 heteroatoms. The Kier molecular flexibility index (Phi) is 5.46. The van der Waals surface area contributed by atoms with E-state index in [2.05, 4.69) is 31.3 Å². The Balaban J connectivity index is 1.17. The van der Waals surface area contributed by atoms with Gasteiger partial charge in [-0.3, -0.25) is 9.59 Å². The lowest BCUT2D eigenvalue weighted by Crippen LogP contribution is -2.27. The molecule has 2 heterocycles. The molecule has 0 fully saturated rings. The summed E-state index contributed by atoms with van der Waals surface area (Å²) in [6.07, 6.45) is 0. The van der Waals surface area contributed by atoms with E-state index in [9.17, 15) is 9.59 Å². The molecule has 0 saturated carbocycles. The molecule has 5 rings (SSSR count). The third-order valence-electron chi connectivity index (χ3n) is 5.13. The zero-order chi connectivity index (χ0) is 22.6. The fourth-order valence-electron chi connectivity index (χ4n) is 3.56. The van der Waals surface area contributed by atoms with Gasteiger partial charge in [0.25, 0.3) is 0 Å². The van der Waals surface area contributed by atoms with Crippen molar-refractivity contribution in [1.82, 2.24) is 35.3 Å². The van der Waals surface area contributed by atoms with Crippen molar-refractivity contribution in [3.05, 3.63) is 78.4 Å². The first kappa shape index (κ1) is 20.3. The van der Waals surface area contributed by atoms with Crippen molar-refractivity contribution in [1.29, 1.82) is 0 Å². The Labute approximate surface area is 188 Å². The summed E-state index contributed by atoms with van der Waals surface area (Å²) in [5.41, 5.74) is 4.57. The quantitative estimate of drug-likeness (QED) is 0.400. The largest absolute Gasteiger partial charge is 0.350 e. The van der Waals surface area contributed by atoms with Crippen LogP contribution in [0.3, 0.4) is 0 Å². The third kappa shape index (κ3) is 4.54. The number of hydrogen-bond acceptors (Lipinski definition) is 6. The zero-order valence-electron chi connectivity index (χ0n) is 17.5. The third-order valence-corrected chi connectivity index (χ3v) is 5.13. The first-order valence-electron chi connectivity index (χ1n) is 10.4. The fourth-order valence-corrected chi connectivity index (χ4v) is 3.56. The van der Waals surface area contributed by atoms with Gasteiger partial charge in [-0.1, -0.05) is 46.8 Å². The highest BCUT2D eigenvalue weighted by Crippen LogP contribution is 2.13. The molecule has 0 aliphatic carbocycles. The molecule has 2 N–H and O–H groups in total. The van der Waals surface area contributed by atoms with Crippen molar-refractivity contribution in [2.24, 2.45) is 0 Å². The van der Waals surface area contributed by atoms with Gasteiger partial charge in [-0.2, -0.15) is 0 Å². The summed E-state index contributed by atoms with van der Waals surface area (Å²) in [4.78, 5) is 24.9. The minimum Gasteiger partial charge on any atom is -0.350 e. The first-order valence-corrected chi connectivity index (χ1v) is 10.4. The maximum atomic E-state index is 12.5.